The Bertz CT molecular complexity index is 1460. The van der Waals surface area contributed by atoms with Gasteiger partial charge in [-0.1, -0.05) is 36.4 Å². The molecule has 2 amide bonds. The van der Waals surface area contributed by atoms with Gasteiger partial charge in [0, 0.05) is 53.9 Å². The van der Waals surface area contributed by atoms with Gasteiger partial charge in [-0.2, -0.15) is 0 Å². The van der Waals surface area contributed by atoms with E-state index in [0.717, 1.165) is 27.8 Å². The number of nitrogens with one attached hydrogen (secondary N) is 1. The standard InChI is InChI=1S/C30H32N4O5/c1-21(2)33(30(36)23-7-6-8-25(17-23)34(37)38)20-29(35)32(19-22-11-13-26(39-3)14-12-22)16-15-24-18-31-28-10-5-4-9-27(24)28/h4-14,17-18,21,31H,15-16,19-20H2,1-3H3. The topological polar surface area (TPSA) is 109 Å². The highest BCUT2D eigenvalue weighted by Gasteiger charge is 2.26. The van der Waals surface area contributed by atoms with Crippen LogP contribution in [-0.4, -0.2) is 57.8 Å². The number of H-pyrrole nitrogens is 1. The number of nitro benzene ring substituents is 1. The molecule has 4 aromatic rings. The van der Waals surface area contributed by atoms with E-state index in [1.54, 1.807) is 12.0 Å². The SMILES string of the molecule is COc1ccc(CN(CCc2c[nH]c3ccccc23)C(=O)CN(C(=O)c2cccc([N+](=O)[O-])c2)C(C)C)cc1. The summed E-state index contributed by atoms with van der Waals surface area (Å²) in [7, 11) is 1.60. The third-order valence-corrected chi connectivity index (χ3v) is 6.70. The van der Waals surface area contributed by atoms with Gasteiger partial charge >= 0.3 is 0 Å². The number of hydrogen-bond donors (Lipinski definition) is 1. The number of para-hydroxylation sites is 1. The first kappa shape index (κ1) is 27.4. The highest BCUT2D eigenvalue weighted by atomic mass is 16.6. The van der Waals surface area contributed by atoms with Gasteiger partial charge < -0.3 is 19.5 Å². The third kappa shape index (κ3) is 6.62. The fourth-order valence-corrected chi connectivity index (χ4v) is 4.49. The molecule has 0 aliphatic heterocycles. The molecule has 0 radical (unpaired) electrons. The van der Waals surface area contributed by atoms with Crippen molar-refractivity contribution < 1.29 is 19.2 Å². The zero-order valence-electron chi connectivity index (χ0n) is 22.3. The number of amides is 2. The van der Waals surface area contributed by atoms with E-state index in [2.05, 4.69) is 11.1 Å². The van der Waals surface area contributed by atoms with Gasteiger partial charge in [-0.05, 0) is 55.7 Å². The molecular weight excluding hydrogens is 496 g/mol. The maximum Gasteiger partial charge on any atom is 0.270 e. The molecule has 9 heteroatoms. The lowest BCUT2D eigenvalue weighted by atomic mass is 10.1. The van der Waals surface area contributed by atoms with Crippen LogP contribution in [-0.2, 0) is 17.8 Å². The maximum absolute atomic E-state index is 13.7. The van der Waals surface area contributed by atoms with Crippen LogP contribution < -0.4 is 4.74 Å². The summed E-state index contributed by atoms with van der Waals surface area (Å²) in [4.78, 5) is 44.2. The number of rotatable bonds is 11. The monoisotopic (exact) mass is 528 g/mol. The van der Waals surface area contributed by atoms with E-state index in [1.807, 2.05) is 62.5 Å². The van der Waals surface area contributed by atoms with Crippen molar-refractivity contribution in [1.29, 1.82) is 0 Å². The smallest absolute Gasteiger partial charge is 0.270 e. The summed E-state index contributed by atoms with van der Waals surface area (Å²) in [5.41, 5.74) is 3.08. The average molecular weight is 529 g/mol. The number of aromatic amines is 1. The van der Waals surface area contributed by atoms with Crippen molar-refractivity contribution in [2.75, 3.05) is 20.2 Å². The van der Waals surface area contributed by atoms with Crippen molar-refractivity contribution in [2.24, 2.45) is 0 Å². The normalized spacial score (nSPS) is 11.0. The van der Waals surface area contributed by atoms with Crippen LogP contribution in [0.25, 0.3) is 10.9 Å². The number of hydrogen-bond acceptors (Lipinski definition) is 5. The number of non-ortho nitro benzene ring substituents is 1. The lowest BCUT2D eigenvalue weighted by Crippen LogP contribution is -2.46. The molecule has 3 aromatic carbocycles. The predicted molar refractivity (Wildman–Crippen MR) is 150 cm³/mol. The first-order valence-corrected chi connectivity index (χ1v) is 12.8. The van der Waals surface area contributed by atoms with Gasteiger partial charge in [0.25, 0.3) is 11.6 Å². The Balaban J connectivity index is 1.56. The highest BCUT2D eigenvalue weighted by Crippen LogP contribution is 2.20. The molecule has 4 rings (SSSR count). The Hall–Kier alpha value is -4.66. The van der Waals surface area contributed by atoms with E-state index >= 15 is 0 Å². The van der Waals surface area contributed by atoms with Crippen LogP contribution in [0.4, 0.5) is 5.69 Å². The fourth-order valence-electron chi connectivity index (χ4n) is 4.49. The van der Waals surface area contributed by atoms with Gasteiger partial charge in [0.1, 0.15) is 12.3 Å². The lowest BCUT2D eigenvalue weighted by Gasteiger charge is -2.30. The van der Waals surface area contributed by atoms with Crippen molar-refractivity contribution in [1.82, 2.24) is 14.8 Å². The summed E-state index contributed by atoms with van der Waals surface area (Å²) in [5.74, 6) is 0.0881. The number of benzene rings is 3. The minimum absolute atomic E-state index is 0.150. The Morgan fingerprint density at radius 3 is 2.46 bits per heavy atom. The van der Waals surface area contributed by atoms with Crippen LogP contribution in [0.15, 0.2) is 79.0 Å². The van der Waals surface area contributed by atoms with E-state index in [0.29, 0.717) is 19.5 Å². The van der Waals surface area contributed by atoms with Crippen LogP contribution in [0.2, 0.25) is 0 Å². The van der Waals surface area contributed by atoms with Crippen LogP contribution in [0, 0.1) is 10.1 Å². The van der Waals surface area contributed by atoms with E-state index in [1.165, 1.54) is 29.2 Å². The molecule has 0 atom stereocenters. The zero-order valence-corrected chi connectivity index (χ0v) is 22.3. The van der Waals surface area contributed by atoms with Gasteiger partial charge in [-0.3, -0.25) is 19.7 Å². The zero-order chi connectivity index (χ0) is 27.9. The van der Waals surface area contributed by atoms with Crippen molar-refractivity contribution in [3.05, 3.63) is 106 Å². The van der Waals surface area contributed by atoms with Crippen LogP contribution >= 0.6 is 0 Å². The van der Waals surface area contributed by atoms with Crippen molar-refractivity contribution in [2.45, 2.75) is 32.9 Å². The molecule has 1 N–H and O–H groups in total. The summed E-state index contributed by atoms with van der Waals surface area (Å²) in [5, 5.41) is 12.3. The fraction of sp³-hybridized carbons (Fsp3) is 0.267. The van der Waals surface area contributed by atoms with E-state index < -0.39 is 10.8 Å². The summed E-state index contributed by atoms with van der Waals surface area (Å²) >= 11 is 0. The van der Waals surface area contributed by atoms with Gasteiger partial charge in [0.2, 0.25) is 5.91 Å². The molecule has 0 fully saturated rings. The molecule has 9 nitrogen and oxygen atoms in total. The first-order chi connectivity index (χ1) is 18.8. The summed E-state index contributed by atoms with van der Waals surface area (Å²) in [6.45, 7) is 4.31. The second kappa shape index (κ2) is 12.3. The maximum atomic E-state index is 13.7. The Labute approximate surface area is 227 Å². The highest BCUT2D eigenvalue weighted by molar-refractivity contribution is 5.97. The Morgan fingerprint density at radius 2 is 1.77 bits per heavy atom. The molecule has 1 aromatic heterocycles. The molecule has 0 spiro atoms. The summed E-state index contributed by atoms with van der Waals surface area (Å²) in [6, 6.07) is 20.8. The second-order valence-corrected chi connectivity index (χ2v) is 9.61. The molecular formula is C30H32N4O5. The summed E-state index contributed by atoms with van der Waals surface area (Å²) in [6.07, 6.45) is 2.60. The quantitative estimate of drug-likeness (QED) is 0.212. The number of nitrogens with zero attached hydrogens (tertiary/aromatic N) is 3. The molecule has 0 aliphatic carbocycles. The number of carbonyl (C=O) groups is 2. The molecule has 0 unspecified atom stereocenters. The largest absolute Gasteiger partial charge is 0.497 e. The van der Waals surface area contributed by atoms with Crippen molar-refractivity contribution >= 4 is 28.4 Å². The Kier molecular flexibility index (Phi) is 8.60. The van der Waals surface area contributed by atoms with E-state index in [9.17, 15) is 19.7 Å². The molecule has 1 heterocycles. The minimum atomic E-state index is -0.539. The van der Waals surface area contributed by atoms with E-state index in [-0.39, 0.29) is 29.7 Å². The van der Waals surface area contributed by atoms with Gasteiger partial charge in [-0.15, -0.1) is 0 Å². The number of carbonyl (C=O) groups excluding carboxylic acids is 2. The predicted octanol–water partition coefficient (Wildman–Crippen LogP) is 5.21. The number of methoxy groups -OCH3 is 1. The van der Waals surface area contributed by atoms with Crippen molar-refractivity contribution in [3.63, 3.8) is 0 Å². The van der Waals surface area contributed by atoms with Crippen LogP contribution in [0.3, 0.4) is 0 Å². The number of fused-ring (bicyclic) bond motifs is 1. The number of nitro groups is 1. The Morgan fingerprint density at radius 1 is 1.03 bits per heavy atom. The molecule has 0 saturated heterocycles. The number of ether oxygens (including phenoxy) is 1. The third-order valence-electron chi connectivity index (χ3n) is 6.70. The molecule has 0 aliphatic rings. The average Bonchev–Trinajstić information content (AvgIpc) is 3.36. The van der Waals surface area contributed by atoms with Crippen LogP contribution in [0.1, 0.15) is 35.3 Å². The van der Waals surface area contributed by atoms with Crippen molar-refractivity contribution in [3.8, 4) is 5.75 Å². The number of aromatic nitrogens is 1. The lowest BCUT2D eigenvalue weighted by molar-refractivity contribution is -0.384. The molecule has 0 saturated carbocycles. The second-order valence-electron chi connectivity index (χ2n) is 9.61. The van der Waals surface area contributed by atoms with Gasteiger partial charge in [0.15, 0.2) is 0 Å². The summed E-state index contributed by atoms with van der Waals surface area (Å²) < 4.78 is 5.26. The molecule has 39 heavy (non-hydrogen) atoms. The molecule has 0 bridgehead atoms. The van der Waals surface area contributed by atoms with Gasteiger partial charge in [-0.25, -0.2) is 0 Å². The van der Waals surface area contributed by atoms with Crippen LogP contribution in [0.5, 0.6) is 5.75 Å². The minimum Gasteiger partial charge on any atom is -0.497 e. The first-order valence-electron chi connectivity index (χ1n) is 12.8. The van der Waals surface area contributed by atoms with Gasteiger partial charge in [0.05, 0.1) is 12.0 Å². The van der Waals surface area contributed by atoms with E-state index in [4.69, 9.17) is 4.74 Å². The molecule has 202 valence electrons.